The lowest BCUT2D eigenvalue weighted by molar-refractivity contribution is -0.184. The van der Waals surface area contributed by atoms with Gasteiger partial charge in [0.1, 0.15) is 5.75 Å². The van der Waals surface area contributed by atoms with E-state index in [1.807, 2.05) is 13.8 Å². The van der Waals surface area contributed by atoms with Crippen LogP contribution < -0.4 is 4.74 Å². The summed E-state index contributed by atoms with van der Waals surface area (Å²) in [6, 6.07) is 7.03. The van der Waals surface area contributed by atoms with Gasteiger partial charge in [0.05, 0.1) is 31.2 Å². The van der Waals surface area contributed by atoms with E-state index >= 15 is 0 Å². The third kappa shape index (κ3) is 7.05. The molecule has 0 spiro atoms. The predicted molar refractivity (Wildman–Crippen MR) is 94.7 cm³/mol. The minimum atomic E-state index is -4.09. The number of aliphatic carboxylic acids is 1. The van der Waals surface area contributed by atoms with Gasteiger partial charge >= 0.3 is 12.1 Å². The fourth-order valence-corrected chi connectivity index (χ4v) is 3.38. The Balaban J connectivity index is 1.85. The highest BCUT2D eigenvalue weighted by Gasteiger charge is 2.41. The van der Waals surface area contributed by atoms with Crippen molar-refractivity contribution in [1.29, 1.82) is 0 Å². The van der Waals surface area contributed by atoms with Gasteiger partial charge in [-0.1, -0.05) is 12.1 Å². The predicted octanol–water partition coefficient (Wildman–Crippen LogP) is 5.37. The zero-order valence-corrected chi connectivity index (χ0v) is 15.7. The van der Waals surface area contributed by atoms with E-state index in [2.05, 4.69) is 0 Å². The summed E-state index contributed by atoms with van der Waals surface area (Å²) in [5.41, 5.74) is 0.754. The first-order valence-corrected chi connectivity index (χ1v) is 9.32. The molecule has 7 heteroatoms. The maximum atomic E-state index is 12.7. The summed E-state index contributed by atoms with van der Waals surface area (Å²) in [7, 11) is 0. The van der Waals surface area contributed by atoms with Crippen molar-refractivity contribution >= 4 is 5.97 Å². The lowest BCUT2D eigenvalue weighted by atomic mass is 9.82. The molecule has 0 radical (unpaired) electrons. The Hall–Kier alpha value is -1.76. The Morgan fingerprint density at radius 2 is 1.74 bits per heavy atom. The first-order valence-electron chi connectivity index (χ1n) is 9.32. The topological polar surface area (TPSA) is 55.8 Å². The molecule has 2 rings (SSSR count). The zero-order valence-electron chi connectivity index (χ0n) is 15.7. The molecule has 0 aliphatic heterocycles. The number of carboxylic acids is 1. The normalized spacial score (nSPS) is 21.9. The number of hydrogen-bond donors (Lipinski definition) is 1. The van der Waals surface area contributed by atoms with Crippen LogP contribution in [0.4, 0.5) is 13.2 Å². The lowest BCUT2D eigenvalue weighted by Gasteiger charge is -2.29. The molecule has 1 N–H and O–H groups in total. The monoisotopic (exact) mass is 388 g/mol. The van der Waals surface area contributed by atoms with E-state index in [1.165, 1.54) is 0 Å². The van der Waals surface area contributed by atoms with Gasteiger partial charge in [-0.05, 0) is 63.1 Å². The number of benzene rings is 1. The first-order chi connectivity index (χ1) is 12.6. The van der Waals surface area contributed by atoms with Gasteiger partial charge in [0.25, 0.3) is 0 Å². The van der Waals surface area contributed by atoms with Crippen molar-refractivity contribution in [2.75, 3.05) is 6.61 Å². The number of hydrogen-bond acceptors (Lipinski definition) is 3. The van der Waals surface area contributed by atoms with Crippen molar-refractivity contribution in [3.8, 4) is 5.75 Å². The fourth-order valence-electron chi connectivity index (χ4n) is 3.38. The van der Waals surface area contributed by atoms with Gasteiger partial charge in [-0.15, -0.1) is 0 Å². The van der Waals surface area contributed by atoms with E-state index < -0.39 is 24.2 Å². The second-order valence-electron chi connectivity index (χ2n) is 7.41. The van der Waals surface area contributed by atoms with Crippen LogP contribution in [0.25, 0.3) is 0 Å². The third-order valence-electron chi connectivity index (χ3n) is 4.84. The maximum Gasteiger partial charge on any atom is 0.391 e. The van der Waals surface area contributed by atoms with E-state index in [4.69, 9.17) is 14.6 Å². The van der Waals surface area contributed by atoms with Gasteiger partial charge in [0.15, 0.2) is 0 Å². The number of alkyl halides is 3. The zero-order chi connectivity index (χ0) is 20.0. The molecule has 1 aromatic carbocycles. The van der Waals surface area contributed by atoms with E-state index in [0.717, 1.165) is 5.56 Å². The summed E-state index contributed by atoms with van der Waals surface area (Å²) < 4.78 is 49.5. The summed E-state index contributed by atoms with van der Waals surface area (Å²) in [4.78, 5) is 11.0. The molecule has 4 nitrogen and oxygen atoms in total. The van der Waals surface area contributed by atoms with E-state index in [-0.39, 0.29) is 31.3 Å². The molecule has 27 heavy (non-hydrogen) atoms. The van der Waals surface area contributed by atoms with Crippen molar-refractivity contribution in [3.05, 3.63) is 29.8 Å². The summed E-state index contributed by atoms with van der Waals surface area (Å²) in [6.45, 7) is 4.09. The van der Waals surface area contributed by atoms with E-state index in [1.54, 1.807) is 24.3 Å². The molecule has 0 amide bonds. The highest BCUT2D eigenvalue weighted by atomic mass is 19.4. The van der Waals surface area contributed by atoms with Crippen molar-refractivity contribution in [2.24, 2.45) is 11.8 Å². The Bertz CT molecular complexity index is 590. The second kappa shape index (κ2) is 9.44. The molecule has 1 aromatic rings. The van der Waals surface area contributed by atoms with Crippen LogP contribution in [0.5, 0.6) is 5.75 Å². The first kappa shape index (κ1) is 21.5. The van der Waals surface area contributed by atoms with Crippen molar-refractivity contribution in [2.45, 2.75) is 64.3 Å². The van der Waals surface area contributed by atoms with Gasteiger partial charge in [-0.3, -0.25) is 4.79 Å². The van der Waals surface area contributed by atoms with Crippen molar-refractivity contribution in [1.82, 2.24) is 0 Å². The molecule has 152 valence electrons. The Morgan fingerprint density at radius 3 is 2.22 bits per heavy atom. The number of rotatable bonds is 8. The Morgan fingerprint density at radius 1 is 1.15 bits per heavy atom. The minimum absolute atomic E-state index is 0.0999. The SMILES string of the molecule is CC(C)O[C@@H](CC(=O)O)c1ccc(OCC2CCC(C(F)(F)F)CC2)cc1. The van der Waals surface area contributed by atoms with Gasteiger partial charge in [0, 0.05) is 0 Å². The van der Waals surface area contributed by atoms with Crippen LogP contribution in [-0.4, -0.2) is 30.0 Å². The lowest BCUT2D eigenvalue weighted by Crippen LogP contribution is -2.29. The highest BCUT2D eigenvalue weighted by Crippen LogP contribution is 2.39. The van der Waals surface area contributed by atoms with Crippen LogP contribution in [0, 0.1) is 11.8 Å². The number of halogens is 3. The molecule has 0 heterocycles. The van der Waals surface area contributed by atoms with Crippen LogP contribution in [-0.2, 0) is 9.53 Å². The van der Waals surface area contributed by atoms with Crippen LogP contribution in [0.15, 0.2) is 24.3 Å². The third-order valence-corrected chi connectivity index (χ3v) is 4.84. The average molecular weight is 388 g/mol. The Labute approximate surface area is 157 Å². The molecule has 0 saturated heterocycles. The van der Waals surface area contributed by atoms with Crippen molar-refractivity contribution < 1.29 is 32.5 Å². The number of ether oxygens (including phenoxy) is 2. The van der Waals surface area contributed by atoms with Gasteiger partial charge in [0.2, 0.25) is 0 Å². The van der Waals surface area contributed by atoms with Crippen LogP contribution >= 0.6 is 0 Å². The van der Waals surface area contributed by atoms with Gasteiger partial charge < -0.3 is 14.6 Å². The molecule has 0 bridgehead atoms. The van der Waals surface area contributed by atoms with Crippen molar-refractivity contribution in [3.63, 3.8) is 0 Å². The molecule has 1 aliphatic carbocycles. The second-order valence-corrected chi connectivity index (χ2v) is 7.41. The maximum absolute atomic E-state index is 12.7. The molecule has 0 aromatic heterocycles. The summed E-state index contributed by atoms with van der Waals surface area (Å²) in [5.74, 6) is -1.36. The van der Waals surface area contributed by atoms with Crippen LogP contribution in [0.3, 0.4) is 0 Å². The fraction of sp³-hybridized carbons (Fsp3) is 0.650. The largest absolute Gasteiger partial charge is 0.493 e. The van der Waals surface area contributed by atoms with Crippen LogP contribution in [0.2, 0.25) is 0 Å². The molecule has 1 atom stereocenters. The summed E-state index contributed by atoms with van der Waals surface area (Å²) in [5, 5.41) is 9.03. The summed E-state index contributed by atoms with van der Waals surface area (Å²) in [6.07, 6.45) is -3.48. The van der Waals surface area contributed by atoms with Gasteiger partial charge in [-0.25, -0.2) is 0 Å². The van der Waals surface area contributed by atoms with Crippen LogP contribution in [0.1, 0.15) is 57.6 Å². The molecule has 1 saturated carbocycles. The van der Waals surface area contributed by atoms with E-state index in [9.17, 15) is 18.0 Å². The molecule has 1 aliphatic rings. The highest BCUT2D eigenvalue weighted by molar-refractivity contribution is 5.67. The van der Waals surface area contributed by atoms with Gasteiger partial charge in [-0.2, -0.15) is 13.2 Å². The standard InChI is InChI=1S/C20H27F3O4/c1-13(2)27-18(11-19(24)25)15-5-9-17(10-6-15)26-12-14-3-7-16(8-4-14)20(21,22)23/h5-6,9-10,13-14,16,18H,3-4,7-8,11-12H2,1-2H3,(H,24,25)/t14?,16?,18-/m0/s1. The molecule has 0 unspecified atom stereocenters. The average Bonchev–Trinajstić information content (AvgIpc) is 2.58. The molecule has 1 fully saturated rings. The number of carboxylic acid groups (broad SMARTS) is 1. The number of carbonyl (C=O) groups is 1. The Kier molecular flexibility index (Phi) is 7.53. The molecular weight excluding hydrogens is 361 g/mol. The smallest absolute Gasteiger partial charge is 0.391 e. The quantitative estimate of drug-likeness (QED) is 0.650. The minimum Gasteiger partial charge on any atom is -0.493 e. The van der Waals surface area contributed by atoms with E-state index in [0.29, 0.717) is 25.2 Å². The summed E-state index contributed by atoms with van der Waals surface area (Å²) >= 11 is 0. The molecular formula is C20H27F3O4.